The minimum atomic E-state index is -0.599. The first-order valence-corrected chi connectivity index (χ1v) is 10.2. The van der Waals surface area contributed by atoms with Crippen molar-refractivity contribution in [2.75, 3.05) is 19.8 Å². The van der Waals surface area contributed by atoms with Gasteiger partial charge < -0.3 is 14.9 Å². The van der Waals surface area contributed by atoms with Gasteiger partial charge in [-0.05, 0) is 30.4 Å². The van der Waals surface area contributed by atoms with Crippen LogP contribution in [0.4, 0.5) is 0 Å². The van der Waals surface area contributed by atoms with E-state index in [2.05, 4.69) is 9.97 Å². The molecule has 1 aromatic carbocycles. The van der Waals surface area contributed by atoms with Crippen LogP contribution in [0.15, 0.2) is 18.3 Å². The standard InChI is InChI=1S/C22H25N3O5/c1-12(2)14-9-15(19(27)10-18(14)26)21(28)25-6-3-17-16(22(25)29)11-23-20(24-17)13-4-7-30-8-5-13/h9-13,26-27H,3-8H2,1-2H3. The SMILES string of the molecule is CC(C)c1cc(C(=O)N2CCc3nc(C4CCOCC4)ncc3C2=O)c(O)cc1O. The maximum Gasteiger partial charge on any atom is 0.264 e. The number of hydrogen-bond acceptors (Lipinski definition) is 7. The second kappa shape index (κ2) is 8.02. The summed E-state index contributed by atoms with van der Waals surface area (Å²) in [6.07, 6.45) is 3.65. The normalized spacial score (nSPS) is 17.3. The summed E-state index contributed by atoms with van der Waals surface area (Å²) in [4.78, 5) is 36.2. The lowest BCUT2D eigenvalue weighted by Crippen LogP contribution is -2.42. The Balaban J connectivity index is 1.60. The van der Waals surface area contributed by atoms with Crippen LogP contribution in [-0.4, -0.2) is 56.7 Å². The van der Waals surface area contributed by atoms with Crippen molar-refractivity contribution >= 4 is 11.8 Å². The van der Waals surface area contributed by atoms with Gasteiger partial charge in [0.05, 0.1) is 16.8 Å². The van der Waals surface area contributed by atoms with Crippen LogP contribution in [0.2, 0.25) is 0 Å². The molecule has 0 spiro atoms. The molecule has 0 bridgehead atoms. The van der Waals surface area contributed by atoms with Crippen molar-refractivity contribution in [3.63, 3.8) is 0 Å². The number of phenolic OH excluding ortho intramolecular Hbond substituents is 2. The van der Waals surface area contributed by atoms with E-state index in [-0.39, 0.29) is 35.4 Å². The molecule has 2 aliphatic rings. The topological polar surface area (TPSA) is 113 Å². The lowest BCUT2D eigenvalue weighted by molar-refractivity contribution is 0.0600. The zero-order chi connectivity index (χ0) is 21.4. The summed E-state index contributed by atoms with van der Waals surface area (Å²) in [5.74, 6) is -0.608. The Bertz CT molecular complexity index is 999. The smallest absolute Gasteiger partial charge is 0.264 e. The molecule has 0 unspecified atom stereocenters. The van der Waals surface area contributed by atoms with Gasteiger partial charge in [0.15, 0.2) is 0 Å². The molecule has 4 rings (SSSR count). The first-order chi connectivity index (χ1) is 14.4. The fraction of sp³-hybridized carbons (Fsp3) is 0.455. The van der Waals surface area contributed by atoms with Crippen LogP contribution in [-0.2, 0) is 11.2 Å². The maximum absolute atomic E-state index is 13.0. The largest absolute Gasteiger partial charge is 0.508 e. The molecule has 2 aromatic rings. The van der Waals surface area contributed by atoms with Gasteiger partial charge in [-0.25, -0.2) is 9.97 Å². The van der Waals surface area contributed by atoms with E-state index in [1.165, 1.54) is 12.3 Å². The quantitative estimate of drug-likeness (QED) is 0.747. The van der Waals surface area contributed by atoms with Gasteiger partial charge in [-0.2, -0.15) is 0 Å². The van der Waals surface area contributed by atoms with Crippen LogP contribution >= 0.6 is 0 Å². The Morgan fingerprint density at radius 3 is 2.63 bits per heavy atom. The molecule has 0 atom stereocenters. The first-order valence-electron chi connectivity index (χ1n) is 10.2. The summed E-state index contributed by atoms with van der Waals surface area (Å²) in [6.45, 7) is 5.28. The van der Waals surface area contributed by atoms with Gasteiger partial charge in [-0.1, -0.05) is 13.8 Å². The van der Waals surface area contributed by atoms with Crippen LogP contribution in [0.3, 0.4) is 0 Å². The summed E-state index contributed by atoms with van der Waals surface area (Å²) >= 11 is 0. The molecule has 2 amide bonds. The molecule has 2 aliphatic heterocycles. The van der Waals surface area contributed by atoms with Crippen molar-refractivity contribution in [2.24, 2.45) is 0 Å². The maximum atomic E-state index is 13.0. The molecule has 3 heterocycles. The van der Waals surface area contributed by atoms with Crippen LogP contribution < -0.4 is 0 Å². The Morgan fingerprint density at radius 1 is 1.20 bits per heavy atom. The number of fused-ring (bicyclic) bond motifs is 1. The summed E-state index contributed by atoms with van der Waals surface area (Å²) in [5.41, 5.74) is 1.49. The minimum Gasteiger partial charge on any atom is -0.508 e. The van der Waals surface area contributed by atoms with Gasteiger partial charge in [-0.15, -0.1) is 0 Å². The average Bonchev–Trinajstić information content (AvgIpc) is 2.74. The van der Waals surface area contributed by atoms with E-state index in [1.807, 2.05) is 13.8 Å². The number of imide groups is 1. The highest BCUT2D eigenvalue weighted by Gasteiger charge is 2.33. The predicted molar refractivity (Wildman–Crippen MR) is 108 cm³/mol. The van der Waals surface area contributed by atoms with Crippen molar-refractivity contribution < 1.29 is 24.5 Å². The number of aromatic hydroxyl groups is 2. The van der Waals surface area contributed by atoms with Crippen LogP contribution in [0, 0.1) is 0 Å². The number of aromatic nitrogens is 2. The number of ether oxygens (including phenoxy) is 1. The second-order valence-electron chi connectivity index (χ2n) is 8.07. The zero-order valence-corrected chi connectivity index (χ0v) is 17.1. The van der Waals surface area contributed by atoms with Crippen molar-refractivity contribution in [3.8, 4) is 11.5 Å². The third-order valence-corrected chi connectivity index (χ3v) is 5.76. The average molecular weight is 411 g/mol. The summed E-state index contributed by atoms with van der Waals surface area (Å²) in [6, 6.07) is 2.60. The van der Waals surface area contributed by atoms with E-state index >= 15 is 0 Å². The van der Waals surface area contributed by atoms with Crippen molar-refractivity contribution in [1.29, 1.82) is 0 Å². The van der Waals surface area contributed by atoms with Gasteiger partial charge in [-0.3, -0.25) is 14.5 Å². The monoisotopic (exact) mass is 411 g/mol. The van der Waals surface area contributed by atoms with Gasteiger partial charge in [0.25, 0.3) is 11.8 Å². The molecule has 1 saturated heterocycles. The lowest BCUT2D eigenvalue weighted by atomic mass is 9.97. The fourth-order valence-electron chi connectivity index (χ4n) is 3.99. The number of amides is 2. The molecule has 8 nitrogen and oxygen atoms in total. The van der Waals surface area contributed by atoms with Crippen molar-refractivity contribution in [1.82, 2.24) is 14.9 Å². The third kappa shape index (κ3) is 3.63. The Labute approximate surface area is 174 Å². The zero-order valence-electron chi connectivity index (χ0n) is 17.1. The molecule has 1 aromatic heterocycles. The van der Waals surface area contributed by atoms with Crippen LogP contribution in [0.25, 0.3) is 0 Å². The van der Waals surface area contributed by atoms with E-state index in [1.54, 1.807) is 0 Å². The molecular formula is C22H25N3O5. The number of hydrogen-bond donors (Lipinski definition) is 2. The number of rotatable bonds is 3. The molecule has 0 aliphatic carbocycles. The molecule has 0 radical (unpaired) electrons. The number of carbonyl (C=O) groups excluding carboxylic acids is 2. The summed E-state index contributed by atoms with van der Waals surface area (Å²) in [5, 5.41) is 20.2. The summed E-state index contributed by atoms with van der Waals surface area (Å²) in [7, 11) is 0. The minimum absolute atomic E-state index is 0.00644. The van der Waals surface area contributed by atoms with Gasteiger partial charge in [0.2, 0.25) is 0 Å². The lowest BCUT2D eigenvalue weighted by Gasteiger charge is -2.28. The Morgan fingerprint density at radius 2 is 1.93 bits per heavy atom. The molecule has 8 heteroatoms. The van der Waals surface area contributed by atoms with Crippen LogP contribution in [0.1, 0.15) is 76.3 Å². The van der Waals surface area contributed by atoms with Crippen LogP contribution in [0.5, 0.6) is 11.5 Å². The van der Waals surface area contributed by atoms with Gasteiger partial charge >= 0.3 is 0 Å². The number of benzene rings is 1. The van der Waals surface area contributed by atoms with E-state index in [4.69, 9.17) is 4.74 Å². The summed E-state index contributed by atoms with van der Waals surface area (Å²) < 4.78 is 5.38. The number of phenols is 2. The van der Waals surface area contributed by atoms with Crippen molar-refractivity contribution in [3.05, 3.63) is 46.5 Å². The highest BCUT2D eigenvalue weighted by molar-refractivity contribution is 6.12. The van der Waals surface area contributed by atoms with Gasteiger partial charge in [0, 0.05) is 44.4 Å². The van der Waals surface area contributed by atoms with E-state index in [0.717, 1.165) is 29.6 Å². The first kappa shape index (κ1) is 20.3. The van der Waals surface area contributed by atoms with E-state index in [9.17, 15) is 19.8 Å². The Hall–Kier alpha value is -3.00. The highest BCUT2D eigenvalue weighted by atomic mass is 16.5. The molecular weight excluding hydrogens is 386 g/mol. The van der Waals surface area contributed by atoms with Gasteiger partial charge in [0.1, 0.15) is 17.3 Å². The number of nitrogens with zero attached hydrogens (tertiary/aromatic N) is 3. The second-order valence-corrected chi connectivity index (χ2v) is 8.07. The molecule has 30 heavy (non-hydrogen) atoms. The Kier molecular flexibility index (Phi) is 5.42. The van der Waals surface area contributed by atoms with E-state index < -0.39 is 11.8 Å². The molecule has 2 N–H and O–H groups in total. The molecule has 0 saturated carbocycles. The van der Waals surface area contributed by atoms with Crippen molar-refractivity contribution in [2.45, 2.75) is 44.9 Å². The predicted octanol–water partition coefficient (Wildman–Crippen LogP) is 2.74. The highest BCUT2D eigenvalue weighted by Crippen LogP contribution is 2.34. The number of carbonyl (C=O) groups is 2. The molecule has 158 valence electrons. The molecule has 1 fully saturated rings. The fourth-order valence-corrected chi connectivity index (χ4v) is 3.99. The third-order valence-electron chi connectivity index (χ3n) is 5.76. The van der Waals surface area contributed by atoms with E-state index in [0.29, 0.717) is 36.5 Å².